The van der Waals surface area contributed by atoms with Crippen molar-refractivity contribution in [2.24, 2.45) is 0 Å². The summed E-state index contributed by atoms with van der Waals surface area (Å²) in [7, 11) is 0. The molecule has 2 rings (SSSR count). The van der Waals surface area contributed by atoms with Gasteiger partial charge < -0.3 is 4.74 Å². The van der Waals surface area contributed by atoms with Crippen molar-refractivity contribution in [1.82, 2.24) is 4.98 Å². The van der Waals surface area contributed by atoms with Crippen LogP contribution in [0.15, 0.2) is 12.3 Å². The summed E-state index contributed by atoms with van der Waals surface area (Å²) in [6.45, 7) is 3.71. The summed E-state index contributed by atoms with van der Waals surface area (Å²) in [4.78, 5) is 15.4. The van der Waals surface area contributed by atoms with Crippen molar-refractivity contribution in [3.05, 3.63) is 23.4 Å². The van der Waals surface area contributed by atoms with Crippen LogP contribution in [0.5, 0.6) is 5.88 Å². The van der Waals surface area contributed by atoms with Crippen molar-refractivity contribution in [3.8, 4) is 5.88 Å². The molecular formula is C10H11NO2. The van der Waals surface area contributed by atoms with Gasteiger partial charge in [-0.25, -0.2) is 4.98 Å². The highest BCUT2D eigenvalue weighted by Crippen LogP contribution is 2.23. The highest BCUT2D eigenvalue weighted by atomic mass is 16.5. The molecule has 2 heterocycles. The maximum Gasteiger partial charge on any atom is 0.217 e. The predicted octanol–water partition coefficient (Wildman–Crippen LogP) is 1.28. The lowest BCUT2D eigenvalue weighted by atomic mass is 10.0. The smallest absolute Gasteiger partial charge is 0.217 e. The summed E-state index contributed by atoms with van der Waals surface area (Å²) in [5.74, 6) is 0.734. The van der Waals surface area contributed by atoms with Crippen LogP contribution in [-0.4, -0.2) is 16.9 Å². The van der Waals surface area contributed by atoms with Crippen molar-refractivity contribution >= 4 is 5.78 Å². The second-order valence-corrected chi connectivity index (χ2v) is 3.38. The van der Waals surface area contributed by atoms with Crippen molar-refractivity contribution in [3.63, 3.8) is 0 Å². The topological polar surface area (TPSA) is 39.2 Å². The Labute approximate surface area is 76.7 Å². The van der Waals surface area contributed by atoms with E-state index in [1.165, 1.54) is 0 Å². The van der Waals surface area contributed by atoms with Gasteiger partial charge in [-0.2, -0.15) is 0 Å². The lowest BCUT2D eigenvalue weighted by molar-refractivity contribution is -0.125. The summed E-state index contributed by atoms with van der Waals surface area (Å²) in [5, 5.41) is 0. The molecule has 0 spiro atoms. The van der Waals surface area contributed by atoms with Gasteiger partial charge in [-0.15, -0.1) is 0 Å². The fourth-order valence-electron chi connectivity index (χ4n) is 1.41. The van der Waals surface area contributed by atoms with E-state index in [4.69, 9.17) is 4.74 Å². The van der Waals surface area contributed by atoms with E-state index in [1.54, 1.807) is 13.1 Å². The van der Waals surface area contributed by atoms with E-state index < -0.39 is 0 Å². The molecule has 0 radical (unpaired) electrons. The highest BCUT2D eigenvalue weighted by molar-refractivity contribution is 5.87. The van der Waals surface area contributed by atoms with Gasteiger partial charge in [-0.05, 0) is 25.5 Å². The maximum absolute atomic E-state index is 11.3. The third-order valence-electron chi connectivity index (χ3n) is 2.17. The molecule has 0 saturated heterocycles. The molecule has 1 atom stereocenters. The van der Waals surface area contributed by atoms with Crippen LogP contribution in [0.1, 0.15) is 18.1 Å². The molecule has 1 aromatic heterocycles. The Bertz CT molecular complexity index is 360. The standard InChI is InChI=1S/C10H11NO2/c1-6-3-8-4-9(12)7(2)13-10(8)11-5-6/h3,5,7H,4H2,1-2H3/t7-/m0/s1. The Balaban J connectivity index is 2.42. The summed E-state index contributed by atoms with van der Waals surface area (Å²) >= 11 is 0. The third kappa shape index (κ3) is 1.41. The predicted molar refractivity (Wildman–Crippen MR) is 47.8 cm³/mol. The molecular weight excluding hydrogens is 166 g/mol. The van der Waals surface area contributed by atoms with Crippen LogP contribution < -0.4 is 4.74 Å². The van der Waals surface area contributed by atoms with Gasteiger partial charge in [0.05, 0.1) is 0 Å². The number of carbonyl (C=O) groups is 1. The average Bonchev–Trinajstić information content (AvgIpc) is 2.08. The van der Waals surface area contributed by atoms with E-state index in [9.17, 15) is 4.79 Å². The van der Waals surface area contributed by atoms with E-state index >= 15 is 0 Å². The zero-order chi connectivity index (χ0) is 9.42. The zero-order valence-electron chi connectivity index (χ0n) is 7.70. The summed E-state index contributed by atoms with van der Waals surface area (Å²) in [6, 6.07) is 1.95. The van der Waals surface area contributed by atoms with Crippen LogP contribution in [0, 0.1) is 6.92 Å². The van der Waals surface area contributed by atoms with Gasteiger partial charge in [0.2, 0.25) is 5.88 Å². The monoisotopic (exact) mass is 177 g/mol. The van der Waals surface area contributed by atoms with Crippen LogP contribution in [0.4, 0.5) is 0 Å². The summed E-state index contributed by atoms with van der Waals surface area (Å²) in [6.07, 6.45) is 1.86. The summed E-state index contributed by atoms with van der Waals surface area (Å²) in [5.41, 5.74) is 1.97. The number of rotatable bonds is 0. The second kappa shape index (κ2) is 2.83. The first kappa shape index (κ1) is 8.23. The Morgan fingerprint density at radius 3 is 3.15 bits per heavy atom. The first-order valence-electron chi connectivity index (χ1n) is 4.31. The van der Waals surface area contributed by atoms with Gasteiger partial charge in [0.1, 0.15) is 0 Å². The van der Waals surface area contributed by atoms with Crippen molar-refractivity contribution in [2.75, 3.05) is 0 Å². The van der Waals surface area contributed by atoms with Crippen LogP contribution in [0.25, 0.3) is 0 Å². The van der Waals surface area contributed by atoms with Crippen LogP contribution >= 0.6 is 0 Å². The lowest BCUT2D eigenvalue weighted by Crippen LogP contribution is -2.30. The normalized spacial score (nSPS) is 20.8. The quantitative estimate of drug-likeness (QED) is 0.599. The fraction of sp³-hybridized carbons (Fsp3) is 0.400. The van der Waals surface area contributed by atoms with Crippen molar-refractivity contribution in [2.45, 2.75) is 26.4 Å². The molecule has 1 aromatic rings. The van der Waals surface area contributed by atoms with E-state index in [1.807, 2.05) is 13.0 Å². The molecule has 0 aromatic carbocycles. The number of hydrogen-bond acceptors (Lipinski definition) is 3. The Hall–Kier alpha value is -1.38. The van der Waals surface area contributed by atoms with E-state index in [0.29, 0.717) is 12.3 Å². The molecule has 1 aliphatic rings. The molecule has 1 aliphatic heterocycles. The number of carbonyl (C=O) groups excluding carboxylic acids is 1. The molecule has 68 valence electrons. The summed E-state index contributed by atoms with van der Waals surface area (Å²) < 4.78 is 5.34. The van der Waals surface area contributed by atoms with Crippen molar-refractivity contribution < 1.29 is 9.53 Å². The van der Waals surface area contributed by atoms with Crippen LogP contribution in [0.2, 0.25) is 0 Å². The molecule has 0 aliphatic carbocycles. The molecule has 0 fully saturated rings. The van der Waals surface area contributed by atoms with Gasteiger partial charge in [-0.1, -0.05) is 0 Å². The number of pyridine rings is 1. The number of aromatic nitrogens is 1. The van der Waals surface area contributed by atoms with Crippen LogP contribution in [0.3, 0.4) is 0 Å². The third-order valence-corrected chi connectivity index (χ3v) is 2.17. The SMILES string of the molecule is Cc1cnc2c(c1)CC(=O)[C@H](C)O2. The number of ketones is 1. The van der Waals surface area contributed by atoms with Gasteiger partial charge in [-0.3, -0.25) is 4.79 Å². The van der Waals surface area contributed by atoms with Gasteiger partial charge >= 0.3 is 0 Å². The molecule has 0 N–H and O–H groups in total. The number of ether oxygens (including phenoxy) is 1. The Kier molecular flexibility index (Phi) is 1.79. The number of nitrogens with zero attached hydrogens (tertiary/aromatic N) is 1. The minimum atomic E-state index is -0.345. The molecule has 0 bridgehead atoms. The average molecular weight is 177 g/mol. The molecule has 0 unspecified atom stereocenters. The van der Waals surface area contributed by atoms with E-state index in [2.05, 4.69) is 4.98 Å². The van der Waals surface area contributed by atoms with Gasteiger partial charge in [0, 0.05) is 18.2 Å². The molecule has 3 heteroatoms. The lowest BCUT2D eigenvalue weighted by Gasteiger charge is -2.20. The maximum atomic E-state index is 11.3. The fourth-order valence-corrected chi connectivity index (χ4v) is 1.41. The number of Topliss-reactive ketones (excluding diaryl/α,β-unsaturated/α-hetero) is 1. The second-order valence-electron chi connectivity index (χ2n) is 3.38. The Morgan fingerprint density at radius 2 is 2.38 bits per heavy atom. The van der Waals surface area contributed by atoms with E-state index in [0.717, 1.165) is 11.1 Å². The number of fused-ring (bicyclic) bond motifs is 1. The Morgan fingerprint density at radius 1 is 1.62 bits per heavy atom. The van der Waals surface area contributed by atoms with Crippen molar-refractivity contribution in [1.29, 1.82) is 0 Å². The first-order chi connectivity index (χ1) is 6.16. The molecule has 3 nitrogen and oxygen atoms in total. The number of hydrogen-bond donors (Lipinski definition) is 0. The van der Waals surface area contributed by atoms with Gasteiger partial charge in [0.15, 0.2) is 11.9 Å². The molecule has 0 amide bonds. The minimum absolute atomic E-state index is 0.125. The van der Waals surface area contributed by atoms with E-state index in [-0.39, 0.29) is 11.9 Å². The zero-order valence-corrected chi connectivity index (χ0v) is 7.70. The largest absolute Gasteiger partial charge is 0.466 e. The number of aryl methyl sites for hydroxylation is 1. The first-order valence-corrected chi connectivity index (χ1v) is 4.31. The molecule has 13 heavy (non-hydrogen) atoms. The minimum Gasteiger partial charge on any atom is -0.466 e. The molecule has 0 saturated carbocycles. The van der Waals surface area contributed by atoms with Crippen LogP contribution in [-0.2, 0) is 11.2 Å². The highest BCUT2D eigenvalue weighted by Gasteiger charge is 2.24. The van der Waals surface area contributed by atoms with Gasteiger partial charge in [0.25, 0.3) is 0 Å².